The summed E-state index contributed by atoms with van der Waals surface area (Å²) in [6.07, 6.45) is 3.12. The zero-order valence-electron chi connectivity index (χ0n) is 20.7. The van der Waals surface area contributed by atoms with Crippen molar-refractivity contribution in [2.45, 2.75) is 12.6 Å². The second-order valence-corrected chi connectivity index (χ2v) is 9.51. The van der Waals surface area contributed by atoms with E-state index in [1.807, 2.05) is 30.3 Å². The van der Waals surface area contributed by atoms with E-state index in [2.05, 4.69) is 4.98 Å². The van der Waals surface area contributed by atoms with Crippen molar-refractivity contribution < 1.29 is 24.2 Å². The number of rotatable bonds is 7. The second kappa shape index (κ2) is 11.2. The minimum Gasteiger partial charge on any atom is -0.507 e. The van der Waals surface area contributed by atoms with Crippen molar-refractivity contribution in [1.29, 1.82) is 0 Å². The Balaban J connectivity index is 1.54. The number of benzene rings is 3. The molecule has 0 bridgehead atoms. The highest BCUT2D eigenvalue weighted by Gasteiger charge is 2.47. The third-order valence-electron chi connectivity index (χ3n) is 6.28. The first-order valence-electron chi connectivity index (χ1n) is 11.9. The van der Waals surface area contributed by atoms with Crippen LogP contribution in [-0.2, 0) is 16.2 Å². The lowest BCUT2D eigenvalue weighted by atomic mass is 9.96. The molecule has 0 aliphatic carbocycles. The Morgan fingerprint density at radius 2 is 1.67 bits per heavy atom. The standard InChI is InChI=1S/C30H22Cl2N2O5/c1-38-29-23(31)14-20(15-24(29)32)27(35)25-26(19-8-5-13-33-16-19)34(30(37)28(25)36)21-9-11-22(12-10-21)39-17-18-6-3-2-4-7-18/h2-16,26,35H,17H2,1H3/b27-25+. The van der Waals surface area contributed by atoms with Crippen LogP contribution in [-0.4, -0.2) is 28.9 Å². The molecule has 9 heteroatoms. The van der Waals surface area contributed by atoms with Crippen molar-refractivity contribution in [3.8, 4) is 11.5 Å². The molecule has 1 aromatic heterocycles. The van der Waals surface area contributed by atoms with Gasteiger partial charge in [0.1, 0.15) is 18.1 Å². The minimum atomic E-state index is -0.950. The molecule has 0 radical (unpaired) electrons. The van der Waals surface area contributed by atoms with E-state index >= 15 is 0 Å². The normalized spacial score (nSPS) is 16.4. The van der Waals surface area contributed by atoms with Gasteiger partial charge in [-0.3, -0.25) is 19.5 Å². The van der Waals surface area contributed by atoms with Gasteiger partial charge in [-0.25, -0.2) is 0 Å². The number of halogens is 2. The highest BCUT2D eigenvalue weighted by atomic mass is 35.5. The summed E-state index contributed by atoms with van der Waals surface area (Å²) in [6, 6.07) is 21.9. The van der Waals surface area contributed by atoms with Gasteiger partial charge in [-0.15, -0.1) is 0 Å². The maximum Gasteiger partial charge on any atom is 0.300 e. The number of aliphatic hydroxyl groups is 1. The third kappa shape index (κ3) is 5.19. The number of hydrogen-bond acceptors (Lipinski definition) is 6. The molecule has 0 saturated carbocycles. The van der Waals surface area contributed by atoms with Crippen molar-refractivity contribution >= 4 is 46.3 Å². The summed E-state index contributed by atoms with van der Waals surface area (Å²) in [5.74, 6) is -1.24. The number of ketones is 1. The third-order valence-corrected chi connectivity index (χ3v) is 6.85. The molecule has 1 amide bonds. The Kier molecular flexibility index (Phi) is 7.54. The summed E-state index contributed by atoms with van der Waals surface area (Å²) >= 11 is 12.6. The molecule has 1 aliphatic rings. The van der Waals surface area contributed by atoms with Gasteiger partial charge in [0.25, 0.3) is 11.7 Å². The van der Waals surface area contributed by atoms with Crippen molar-refractivity contribution in [3.05, 3.63) is 124 Å². The van der Waals surface area contributed by atoms with E-state index in [9.17, 15) is 14.7 Å². The summed E-state index contributed by atoms with van der Waals surface area (Å²) in [5.41, 5.74) is 2.05. The summed E-state index contributed by atoms with van der Waals surface area (Å²) in [6.45, 7) is 0.382. The minimum absolute atomic E-state index is 0.116. The average Bonchev–Trinajstić information content (AvgIpc) is 3.22. The molecule has 196 valence electrons. The Labute approximate surface area is 234 Å². The predicted octanol–water partition coefficient (Wildman–Crippen LogP) is 6.60. The molecular weight excluding hydrogens is 539 g/mol. The number of aromatic nitrogens is 1. The lowest BCUT2D eigenvalue weighted by Gasteiger charge is -2.25. The van der Waals surface area contributed by atoms with Crippen LogP contribution in [0.3, 0.4) is 0 Å². The molecule has 0 spiro atoms. The van der Waals surface area contributed by atoms with Crippen molar-refractivity contribution in [3.63, 3.8) is 0 Å². The topological polar surface area (TPSA) is 89.0 Å². The maximum atomic E-state index is 13.4. The van der Waals surface area contributed by atoms with Crippen LogP contribution in [0.5, 0.6) is 11.5 Å². The first-order chi connectivity index (χ1) is 18.9. The monoisotopic (exact) mass is 560 g/mol. The zero-order valence-corrected chi connectivity index (χ0v) is 22.2. The van der Waals surface area contributed by atoms with Gasteiger partial charge in [-0.05, 0) is 53.6 Å². The highest BCUT2D eigenvalue weighted by Crippen LogP contribution is 2.43. The van der Waals surface area contributed by atoms with Crippen LogP contribution in [0, 0.1) is 0 Å². The average molecular weight is 561 g/mol. The maximum absolute atomic E-state index is 13.4. The molecule has 1 aliphatic heterocycles. The van der Waals surface area contributed by atoms with Crippen molar-refractivity contribution in [1.82, 2.24) is 4.98 Å². The first kappa shape index (κ1) is 26.3. The Bertz CT molecular complexity index is 1530. The van der Waals surface area contributed by atoms with E-state index in [0.29, 0.717) is 23.6 Å². The van der Waals surface area contributed by atoms with E-state index in [0.717, 1.165) is 5.56 Å². The van der Waals surface area contributed by atoms with Crippen LogP contribution >= 0.6 is 23.2 Å². The van der Waals surface area contributed by atoms with E-state index in [-0.39, 0.29) is 26.9 Å². The number of nitrogens with zero attached hydrogens (tertiary/aromatic N) is 2. The van der Waals surface area contributed by atoms with Crippen molar-refractivity contribution in [2.75, 3.05) is 12.0 Å². The van der Waals surface area contributed by atoms with Crippen molar-refractivity contribution in [2.24, 2.45) is 0 Å². The SMILES string of the molecule is COc1c(Cl)cc(/C(O)=C2\C(=O)C(=O)N(c3ccc(OCc4ccccc4)cc3)C2c2cccnc2)cc1Cl. The van der Waals surface area contributed by atoms with Gasteiger partial charge in [-0.1, -0.05) is 59.6 Å². The number of amides is 1. The van der Waals surface area contributed by atoms with Gasteiger partial charge < -0.3 is 14.6 Å². The van der Waals surface area contributed by atoms with Gasteiger partial charge in [0.2, 0.25) is 0 Å². The van der Waals surface area contributed by atoms with Gasteiger partial charge in [-0.2, -0.15) is 0 Å². The molecule has 5 rings (SSSR count). The largest absolute Gasteiger partial charge is 0.507 e. The molecule has 2 heterocycles. The van der Waals surface area contributed by atoms with E-state index in [4.69, 9.17) is 32.7 Å². The lowest BCUT2D eigenvalue weighted by Crippen LogP contribution is -2.29. The smallest absolute Gasteiger partial charge is 0.300 e. The summed E-state index contributed by atoms with van der Waals surface area (Å²) in [5, 5.41) is 11.6. The second-order valence-electron chi connectivity index (χ2n) is 8.70. The fourth-order valence-corrected chi connectivity index (χ4v) is 5.08. The molecule has 4 aromatic rings. The predicted molar refractivity (Wildman–Crippen MR) is 149 cm³/mol. The van der Waals surface area contributed by atoms with Crippen LogP contribution in [0.2, 0.25) is 10.0 Å². The molecule has 1 fully saturated rings. The summed E-state index contributed by atoms with van der Waals surface area (Å²) in [7, 11) is 1.42. The molecule has 3 aromatic carbocycles. The summed E-state index contributed by atoms with van der Waals surface area (Å²) < 4.78 is 11.0. The molecule has 39 heavy (non-hydrogen) atoms. The first-order valence-corrected chi connectivity index (χ1v) is 12.7. The highest BCUT2D eigenvalue weighted by molar-refractivity contribution is 6.51. The number of anilines is 1. The number of hydrogen-bond donors (Lipinski definition) is 1. The Morgan fingerprint density at radius 3 is 2.28 bits per heavy atom. The quantitative estimate of drug-likeness (QED) is 0.155. The number of ether oxygens (including phenoxy) is 2. The fourth-order valence-electron chi connectivity index (χ4n) is 4.44. The number of carbonyl (C=O) groups is 2. The number of aliphatic hydroxyl groups excluding tert-OH is 1. The van der Waals surface area contributed by atoms with E-state index < -0.39 is 23.5 Å². The van der Waals surface area contributed by atoms with Gasteiger partial charge >= 0.3 is 0 Å². The van der Waals surface area contributed by atoms with Crippen LogP contribution < -0.4 is 14.4 Å². The molecule has 1 saturated heterocycles. The van der Waals surface area contributed by atoms with E-state index in [1.165, 1.54) is 24.1 Å². The lowest BCUT2D eigenvalue weighted by molar-refractivity contribution is -0.132. The number of carbonyl (C=O) groups excluding carboxylic acids is 2. The van der Waals surface area contributed by atoms with Crippen LogP contribution in [0.15, 0.2) is 96.8 Å². The number of Topliss-reactive ketones (excluding diaryl/α,β-unsaturated/α-hetero) is 1. The van der Waals surface area contributed by atoms with Crippen LogP contribution in [0.4, 0.5) is 5.69 Å². The molecular formula is C30H22Cl2N2O5. The number of methoxy groups -OCH3 is 1. The van der Waals surface area contributed by atoms with Gasteiger partial charge in [0.15, 0.2) is 5.75 Å². The fraction of sp³-hybridized carbons (Fsp3) is 0.100. The van der Waals surface area contributed by atoms with Crippen LogP contribution in [0.25, 0.3) is 5.76 Å². The van der Waals surface area contributed by atoms with E-state index in [1.54, 1.807) is 48.8 Å². The van der Waals surface area contributed by atoms with Crippen LogP contribution in [0.1, 0.15) is 22.7 Å². The number of pyridine rings is 1. The molecule has 1 N–H and O–H groups in total. The molecule has 1 unspecified atom stereocenters. The molecule has 7 nitrogen and oxygen atoms in total. The van der Waals surface area contributed by atoms with Gasteiger partial charge in [0, 0.05) is 23.6 Å². The Morgan fingerprint density at radius 1 is 0.974 bits per heavy atom. The van der Waals surface area contributed by atoms with Gasteiger partial charge in [0.05, 0.1) is 28.8 Å². The molecule has 1 atom stereocenters. The summed E-state index contributed by atoms with van der Waals surface area (Å²) in [4.78, 5) is 32.2. The Hall–Kier alpha value is -4.33. The zero-order chi connectivity index (χ0) is 27.5.